The van der Waals surface area contributed by atoms with Gasteiger partial charge in [0, 0.05) is 26.3 Å². The highest BCUT2D eigenvalue weighted by Crippen LogP contribution is 2.38. The summed E-state index contributed by atoms with van der Waals surface area (Å²) in [6, 6.07) is 8.31. The topological polar surface area (TPSA) is 42.0 Å². The van der Waals surface area contributed by atoms with Crippen LogP contribution in [0.4, 0.5) is 0 Å². The Morgan fingerprint density at radius 3 is 2.28 bits per heavy atom. The maximum atomic E-state index is 13.4. The first-order chi connectivity index (χ1) is 14.3. The monoisotopic (exact) mass is 400 g/mol. The molecular formula is C24H36N2O3. The molecule has 0 unspecified atom stereocenters. The van der Waals surface area contributed by atoms with Crippen molar-refractivity contribution < 1.29 is 14.3 Å². The van der Waals surface area contributed by atoms with E-state index in [1.54, 1.807) is 0 Å². The summed E-state index contributed by atoms with van der Waals surface area (Å²) in [7, 11) is 0. The van der Waals surface area contributed by atoms with Crippen LogP contribution in [0.25, 0.3) is 0 Å². The van der Waals surface area contributed by atoms with Gasteiger partial charge in [0.05, 0.1) is 12.0 Å². The number of benzene rings is 1. The van der Waals surface area contributed by atoms with Crippen molar-refractivity contribution >= 4 is 5.91 Å². The van der Waals surface area contributed by atoms with Gasteiger partial charge >= 0.3 is 0 Å². The van der Waals surface area contributed by atoms with E-state index in [2.05, 4.69) is 21.9 Å². The first-order valence-corrected chi connectivity index (χ1v) is 11.6. The third-order valence-corrected chi connectivity index (χ3v) is 6.89. The third-order valence-electron chi connectivity index (χ3n) is 6.89. The standard InChI is InChI=1S/C24H36N2O3/c27-23(26-16-3-4-17-26)24(11-19-28-20-12-24)21-7-9-22(10-8-21)29-18-6-5-15-25-13-1-2-14-25/h7-10H,1-6,11-20H2. The van der Waals surface area contributed by atoms with Gasteiger partial charge in [-0.2, -0.15) is 0 Å². The summed E-state index contributed by atoms with van der Waals surface area (Å²) in [5, 5.41) is 0. The van der Waals surface area contributed by atoms with Crippen LogP contribution in [-0.4, -0.2) is 68.3 Å². The molecule has 3 aliphatic heterocycles. The molecule has 0 atom stereocenters. The highest BCUT2D eigenvalue weighted by molar-refractivity contribution is 5.88. The van der Waals surface area contributed by atoms with E-state index in [1.807, 2.05) is 12.1 Å². The molecule has 5 heteroatoms. The van der Waals surface area contributed by atoms with Crippen LogP contribution in [0.2, 0.25) is 0 Å². The quantitative estimate of drug-likeness (QED) is 0.625. The summed E-state index contributed by atoms with van der Waals surface area (Å²) in [6.07, 6.45) is 8.82. The van der Waals surface area contributed by atoms with E-state index in [4.69, 9.17) is 9.47 Å². The SMILES string of the molecule is O=C(N1CCCC1)C1(c2ccc(OCCCCN3CCCC3)cc2)CCOCC1. The molecule has 0 saturated carbocycles. The van der Waals surface area contributed by atoms with Crippen LogP contribution in [0, 0.1) is 0 Å². The molecule has 29 heavy (non-hydrogen) atoms. The second kappa shape index (κ2) is 9.94. The molecule has 3 fully saturated rings. The average molecular weight is 401 g/mol. The maximum absolute atomic E-state index is 13.4. The Kier molecular flexibility index (Phi) is 7.09. The normalized spacial score (nSPS) is 22.1. The Morgan fingerprint density at radius 1 is 0.931 bits per heavy atom. The second-order valence-corrected chi connectivity index (χ2v) is 8.82. The van der Waals surface area contributed by atoms with Crippen LogP contribution < -0.4 is 4.74 Å². The van der Waals surface area contributed by atoms with E-state index in [1.165, 1.54) is 38.9 Å². The van der Waals surface area contributed by atoms with Gasteiger partial charge in [-0.3, -0.25) is 4.79 Å². The molecular weight excluding hydrogens is 364 g/mol. The summed E-state index contributed by atoms with van der Waals surface area (Å²) in [6.45, 7) is 7.63. The lowest BCUT2D eigenvalue weighted by Crippen LogP contribution is -2.49. The zero-order chi connectivity index (χ0) is 19.9. The summed E-state index contributed by atoms with van der Waals surface area (Å²) < 4.78 is 11.6. The largest absolute Gasteiger partial charge is 0.494 e. The van der Waals surface area contributed by atoms with Gasteiger partial charge in [0.2, 0.25) is 5.91 Å². The molecule has 0 aliphatic carbocycles. The first kappa shape index (κ1) is 20.7. The molecule has 1 aromatic rings. The number of carbonyl (C=O) groups excluding carboxylic acids is 1. The van der Waals surface area contributed by atoms with Gasteiger partial charge in [0.25, 0.3) is 0 Å². The highest BCUT2D eigenvalue weighted by Gasteiger charge is 2.44. The van der Waals surface area contributed by atoms with E-state index in [9.17, 15) is 4.79 Å². The predicted octanol–water partition coefficient (Wildman–Crippen LogP) is 3.61. The zero-order valence-electron chi connectivity index (χ0n) is 17.7. The van der Waals surface area contributed by atoms with E-state index in [0.717, 1.165) is 63.1 Å². The van der Waals surface area contributed by atoms with Crippen LogP contribution in [-0.2, 0) is 14.9 Å². The lowest BCUT2D eigenvalue weighted by Gasteiger charge is -2.39. The van der Waals surface area contributed by atoms with Crippen molar-refractivity contribution in [1.82, 2.24) is 9.80 Å². The van der Waals surface area contributed by atoms with Crippen molar-refractivity contribution in [3.05, 3.63) is 29.8 Å². The van der Waals surface area contributed by atoms with Crippen LogP contribution in [0.15, 0.2) is 24.3 Å². The van der Waals surface area contributed by atoms with Crippen LogP contribution >= 0.6 is 0 Å². The number of amides is 1. The van der Waals surface area contributed by atoms with Gasteiger partial charge in [-0.1, -0.05) is 12.1 Å². The molecule has 4 rings (SSSR count). The first-order valence-electron chi connectivity index (χ1n) is 11.6. The van der Waals surface area contributed by atoms with E-state index < -0.39 is 5.41 Å². The van der Waals surface area contributed by atoms with Gasteiger partial charge < -0.3 is 19.3 Å². The Morgan fingerprint density at radius 2 is 1.59 bits per heavy atom. The molecule has 5 nitrogen and oxygen atoms in total. The molecule has 0 bridgehead atoms. The van der Waals surface area contributed by atoms with Crippen molar-refractivity contribution in [3.8, 4) is 5.75 Å². The number of likely N-dealkylation sites (tertiary alicyclic amines) is 2. The molecule has 3 heterocycles. The van der Waals surface area contributed by atoms with Crippen LogP contribution in [0.3, 0.4) is 0 Å². The maximum Gasteiger partial charge on any atom is 0.233 e. The lowest BCUT2D eigenvalue weighted by atomic mass is 9.73. The van der Waals surface area contributed by atoms with E-state index in [-0.39, 0.29) is 0 Å². The number of nitrogens with zero attached hydrogens (tertiary/aromatic N) is 2. The fraction of sp³-hybridized carbons (Fsp3) is 0.708. The smallest absolute Gasteiger partial charge is 0.233 e. The van der Waals surface area contributed by atoms with E-state index >= 15 is 0 Å². The summed E-state index contributed by atoms with van der Waals surface area (Å²) >= 11 is 0. The van der Waals surface area contributed by atoms with Crippen molar-refractivity contribution in [2.45, 2.75) is 56.8 Å². The second-order valence-electron chi connectivity index (χ2n) is 8.82. The third kappa shape index (κ3) is 4.95. The molecule has 3 aliphatic rings. The Hall–Kier alpha value is -1.59. The molecule has 0 N–H and O–H groups in total. The number of hydrogen-bond acceptors (Lipinski definition) is 4. The van der Waals surface area contributed by atoms with Gasteiger partial charge in [-0.15, -0.1) is 0 Å². The predicted molar refractivity (Wildman–Crippen MR) is 114 cm³/mol. The van der Waals surface area contributed by atoms with Gasteiger partial charge in [0.1, 0.15) is 5.75 Å². The zero-order valence-corrected chi connectivity index (χ0v) is 17.7. The van der Waals surface area contributed by atoms with Crippen molar-refractivity contribution in [3.63, 3.8) is 0 Å². The minimum Gasteiger partial charge on any atom is -0.494 e. The molecule has 160 valence electrons. The summed E-state index contributed by atoms with van der Waals surface area (Å²) in [5.41, 5.74) is 0.704. The number of unbranched alkanes of at least 4 members (excludes halogenated alkanes) is 1. The summed E-state index contributed by atoms with van der Waals surface area (Å²) in [4.78, 5) is 18.0. The van der Waals surface area contributed by atoms with Gasteiger partial charge in [0.15, 0.2) is 0 Å². The van der Waals surface area contributed by atoms with Crippen molar-refractivity contribution in [1.29, 1.82) is 0 Å². The van der Waals surface area contributed by atoms with Gasteiger partial charge in [-0.25, -0.2) is 0 Å². The Balaban J connectivity index is 1.32. The van der Waals surface area contributed by atoms with Crippen LogP contribution in [0.1, 0.15) is 56.9 Å². The number of carbonyl (C=O) groups is 1. The number of ether oxygens (including phenoxy) is 2. The fourth-order valence-electron chi connectivity index (χ4n) is 5.07. The minimum atomic E-state index is -0.420. The summed E-state index contributed by atoms with van der Waals surface area (Å²) in [5.74, 6) is 1.21. The number of hydrogen-bond donors (Lipinski definition) is 0. The van der Waals surface area contributed by atoms with Crippen LogP contribution in [0.5, 0.6) is 5.75 Å². The average Bonchev–Trinajstić information content (AvgIpc) is 3.48. The molecule has 1 amide bonds. The lowest BCUT2D eigenvalue weighted by molar-refractivity contribution is -0.140. The van der Waals surface area contributed by atoms with Crippen molar-refractivity contribution in [2.24, 2.45) is 0 Å². The Labute approximate surface area is 175 Å². The minimum absolute atomic E-state index is 0.300. The molecule has 0 radical (unpaired) electrons. The van der Waals surface area contributed by atoms with E-state index in [0.29, 0.717) is 19.1 Å². The van der Waals surface area contributed by atoms with Crippen molar-refractivity contribution in [2.75, 3.05) is 52.5 Å². The molecule has 0 aromatic heterocycles. The molecule has 1 aromatic carbocycles. The molecule has 3 saturated heterocycles. The Bertz CT molecular complexity index is 643. The highest BCUT2D eigenvalue weighted by atomic mass is 16.5. The molecule has 0 spiro atoms. The number of rotatable bonds is 8. The fourth-order valence-corrected chi connectivity index (χ4v) is 5.07. The van der Waals surface area contributed by atoms with Gasteiger partial charge in [-0.05, 0) is 88.7 Å².